The summed E-state index contributed by atoms with van der Waals surface area (Å²) in [6.07, 6.45) is -2.51. The summed E-state index contributed by atoms with van der Waals surface area (Å²) in [6, 6.07) is 5.41. The number of hydrogen-bond donors (Lipinski definition) is 0. The zero-order chi connectivity index (χ0) is 16.1. The number of hydrogen-bond acceptors (Lipinski definition) is 3. The number of benzene rings is 1. The number of likely N-dealkylation sites (N-methyl/N-ethyl adjacent to an activating group) is 1. The molecule has 1 heterocycles. The van der Waals surface area contributed by atoms with Gasteiger partial charge in [-0.15, -0.1) is 0 Å². The van der Waals surface area contributed by atoms with Gasteiger partial charge in [0.1, 0.15) is 11.9 Å². The first-order chi connectivity index (χ1) is 10.5. The van der Waals surface area contributed by atoms with Gasteiger partial charge in [-0.05, 0) is 6.07 Å². The SMILES string of the molecule is CN(Cc1ccccc1F)C(=O)C1COCCN1CC(F)F. The molecular weight excluding hydrogens is 297 g/mol. The quantitative estimate of drug-likeness (QED) is 0.830. The predicted octanol–water partition coefficient (Wildman–Crippen LogP) is 1.75. The van der Waals surface area contributed by atoms with Crippen molar-refractivity contribution in [3.8, 4) is 0 Å². The maximum Gasteiger partial charge on any atom is 0.251 e. The van der Waals surface area contributed by atoms with E-state index in [1.807, 2.05) is 0 Å². The first kappa shape index (κ1) is 16.8. The van der Waals surface area contributed by atoms with Crippen LogP contribution in [-0.2, 0) is 16.1 Å². The standard InChI is InChI=1S/C15H19F3N2O2/c1-19(8-11-4-2-3-5-12(11)16)15(21)13-10-22-7-6-20(13)9-14(17)18/h2-5,13-14H,6-10H2,1H3. The van der Waals surface area contributed by atoms with E-state index < -0.39 is 24.8 Å². The molecular formula is C15H19F3N2O2. The largest absolute Gasteiger partial charge is 0.378 e. The summed E-state index contributed by atoms with van der Waals surface area (Å²) in [5, 5.41) is 0. The van der Waals surface area contributed by atoms with Gasteiger partial charge in [-0.25, -0.2) is 13.2 Å². The summed E-state index contributed by atoms with van der Waals surface area (Å²) < 4.78 is 44.1. The van der Waals surface area contributed by atoms with Gasteiger partial charge < -0.3 is 9.64 Å². The van der Waals surface area contributed by atoms with Gasteiger partial charge >= 0.3 is 0 Å². The summed E-state index contributed by atoms with van der Waals surface area (Å²) >= 11 is 0. The number of morpholine rings is 1. The molecule has 1 unspecified atom stereocenters. The van der Waals surface area contributed by atoms with Crippen molar-refractivity contribution in [3.05, 3.63) is 35.6 Å². The van der Waals surface area contributed by atoms with Crippen LogP contribution in [0, 0.1) is 5.82 Å². The van der Waals surface area contributed by atoms with Crippen LogP contribution in [0.15, 0.2) is 24.3 Å². The van der Waals surface area contributed by atoms with E-state index in [4.69, 9.17) is 4.74 Å². The van der Waals surface area contributed by atoms with Gasteiger partial charge in [0.15, 0.2) is 0 Å². The fourth-order valence-corrected chi connectivity index (χ4v) is 2.48. The Labute approximate surface area is 127 Å². The van der Waals surface area contributed by atoms with Crippen molar-refractivity contribution in [1.82, 2.24) is 9.80 Å². The van der Waals surface area contributed by atoms with Crippen LogP contribution in [0.25, 0.3) is 0 Å². The summed E-state index contributed by atoms with van der Waals surface area (Å²) in [7, 11) is 1.53. The normalized spacial score (nSPS) is 19.4. The summed E-state index contributed by atoms with van der Waals surface area (Å²) in [5.74, 6) is -0.741. The Morgan fingerprint density at radius 2 is 2.18 bits per heavy atom. The van der Waals surface area contributed by atoms with Crippen molar-refractivity contribution >= 4 is 5.91 Å². The second-order valence-electron chi connectivity index (χ2n) is 5.26. The molecule has 122 valence electrons. The van der Waals surface area contributed by atoms with Crippen LogP contribution >= 0.6 is 0 Å². The average molecular weight is 316 g/mol. The molecule has 0 bridgehead atoms. The predicted molar refractivity (Wildman–Crippen MR) is 75.1 cm³/mol. The van der Waals surface area contributed by atoms with Crippen molar-refractivity contribution in [2.24, 2.45) is 0 Å². The number of carbonyl (C=O) groups excluding carboxylic acids is 1. The van der Waals surface area contributed by atoms with Crippen LogP contribution in [0.1, 0.15) is 5.56 Å². The smallest absolute Gasteiger partial charge is 0.251 e. The van der Waals surface area contributed by atoms with Gasteiger partial charge in [0.05, 0.1) is 19.8 Å². The monoisotopic (exact) mass is 316 g/mol. The Morgan fingerprint density at radius 3 is 2.86 bits per heavy atom. The number of alkyl halides is 2. The van der Waals surface area contributed by atoms with Crippen LogP contribution < -0.4 is 0 Å². The molecule has 1 fully saturated rings. The van der Waals surface area contributed by atoms with Crippen LogP contribution in [-0.4, -0.2) is 61.5 Å². The van der Waals surface area contributed by atoms with E-state index in [1.165, 1.54) is 22.9 Å². The summed E-state index contributed by atoms with van der Waals surface area (Å²) in [4.78, 5) is 15.2. The van der Waals surface area contributed by atoms with Gasteiger partial charge in [-0.2, -0.15) is 0 Å². The molecule has 1 atom stereocenters. The number of carbonyl (C=O) groups is 1. The number of amides is 1. The Bertz CT molecular complexity index is 513. The minimum atomic E-state index is -2.51. The van der Waals surface area contributed by atoms with E-state index in [-0.39, 0.29) is 25.6 Å². The third kappa shape index (κ3) is 4.20. The van der Waals surface area contributed by atoms with Gasteiger partial charge in [-0.3, -0.25) is 9.69 Å². The summed E-state index contributed by atoms with van der Waals surface area (Å²) in [6.45, 7) is 0.312. The minimum Gasteiger partial charge on any atom is -0.378 e. The molecule has 1 aromatic carbocycles. The molecule has 0 radical (unpaired) electrons. The maximum absolute atomic E-state index is 13.6. The van der Waals surface area contributed by atoms with Crippen LogP contribution in [0.4, 0.5) is 13.2 Å². The highest BCUT2D eigenvalue weighted by Gasteiger charge is 2.33. The molecule has 1 aliphatic heterocycles. The Hall–Kier alpha value is -1.60. The molecule has 4 nitrogen and oxygen atoms in total. The zero-order valence-corrected chi connectivity index (χ0v) is 12.3. The van der Waals surface area contributed by atoms with Crippen LogP contribution in [0.2, 0.25) is 0 Å². The van der Waals surface area contributed by atoms with E-state index in [2.05, 4.69) is 0 Å². The Kier molecular flexibility index (Phi) is 5.79. The lowest BCUT2D eigenvalue weighted by Crippen LogP contribution is -2.55. The zero-order valence-electron chi connectivity index (χ0n) is 12.3. The Balaban J connectivity index is 2.03. The van der Waals surface area contributed by atoms with Crippen molar-refractivity contribution in [3.63, 3.8) is 0 Å². The van der Waals surface area contributed by atoms with Crippen LogP contribution in [0.5, 0.6) is 0 Å². The molecule has 0 saturated carbocycles. The third-order valence-corrected chi connectivity index (χ3v) is 3.64. The fourth-order valence-electron chi connectivity index (χ4n) is 2.48. The molecule has 7 heteroatoms. The van der Waals surface area contributed by atoms with Crippen molar-refractivity contribution in [1.29, 1.82) is 0 Å². The second-order valence-corrected chi connectivity index (χ2v) is 5.26. The number of nitrogens with zero attached hydrogens (tertiary/aromatic N) is 2. The first-order valence-corrected chi connectivity index (χ1v) is 7.07. The lowest BCUT2D eigenvalue weighted by Gasteiger charge is -2.36. The van der Waals surface area contributed by atoms with Gasteiger partial charge in [0, 0.05) is 25.7 Å². The highest BCUT2D eigenvalue weighted by molar-refractivity contribution is 5.82. The highest BCUT2D eigenvalue weighted by Crippen LogP contribution is 2.15. The maximum atomic E-state index is 13.6. The topological polar surface area (TPSA) is 32.8 Å². The lowest BCUT2D eigenvalue weighted by molar-refractivity contribution is -0.143. The molecule has 0 spiro atoms. The average Bonchev–Trinajstić information content (AvgIpc) is 2.49. The molecule has 22 heavy (non-hydrogen) atoms. The first-order valence-electron chi connectivity index (χ1n) is 7.07. The molecule has 1 aliphatic rings. The van der Waals surface area contributed by atoms with Crippen molar-refractivity contribution in [2.45, 2.75) is 19.0 Å². The molecule has 1 saturated heterocycles. The number of halogens is 3. The van der Waals surface area contributed by atoms with Gasteiger partial charge in [0.25, 0.3) is 6.43 Å². The van der Waals surface area contributed by atoms with Crippen molar-refractivity contribution in [2.75, 3.05) is 33.4 Å². The van der Waals surface area contributed by atoms with Crippen LogP contribution in [0.3, 0.4) is 0 Å². The van der Waals surface area contributed by atoms with E-state index in [1.54, 1.807) is 18.2 Å². The van der Waals surface area contributed by atoms with E-state index >= 15 is 0 Å². The fraction of sp³-hybridized carbons (Fsp3) is 0.533. The third-order valence-electron chi connectivity index (χ3n) is 3.64. The molecule has 0 N–H and O–H groups in total. The van der Waals surface area contributed by atoms with E-state index in [9.17, 15) is 18.0 Å². The number of ether oxygens (including phenoxy) is 1. The molecule has 1 amide bonds. The lowest BCUT2D eigenvalue weighted by atomic mass is 10.1. The second kappa shape index (κ2) is 7.60. The molecule has 0 aliphatic carbocycles. The van der Waals surface area contributed by atoms with E-state index in [0.717, 1.165) is 0 Å². The number of rotatable bonds is 5. The van der Waals surface area contributed by atoms with Gasteiger partial charge in [0.2, 0.25) is 5.91 Å². The highest BCUT2D eigenvalue weighted by atomic mass is 19.3. The molecule has 1 aromatic rings. The van der Waals surface area contributed by atoms with Crippen molar-refractivity contribution < 1.29 is 22.7 Å². The van der Waals surface area contributed by atoms with Gasteiger partial charge in [-0.1, -0.05) is 18.2 Å². The minimum absolute atomic E-state index is 0.0766. The molecule has 2 rings (SSSR count). The summed E-state index contributed by atoms with van der Waals surface area (Å²) in [5.41, 5.74) is 0.385. The van der Waals surface area contributed by atoms with E-state index in [0.29, 0.717) is 12.2 Å². The molecule has 0 aromatic heterocycles. The Morgan fingerprint density at radius 1 is 1.45 bits per heavy atom.